The third kappa shape index (κ3) is 4.34. The first-order valence-electron chi connectivity index (χ1n) is 5.53. The van der Waals surface area contributed by atoms with Gasteiger partial charge in [0.15, 0.2) is 6.61 Å². The maximum atomic E-state index is 11.2. The van der Waals surface area contributed by atoms with E-state index in [0.717, 1.165) is 6.42 Å². The summed E-state index contributed by atoms with van der Waals surface area (Å²) in [6.07, 6.45) is 0.853. The van der Waals surface area contributed by atoms with Crippen molar-refractivity contribution < 1.29 is 14.3 Å². The predicted molar refractivity (Wildman–Crippen MR) is 62.5 cm³/mol. The Morgan fingerprint density at radius 3 is 2.75 bits per heavy atom. The van der Waals surface area contributed by atoms with Crippen LogP contribution in [0, 0.1) is 0 Å². The summed E-state index contributed by atoms with van der Waals surface area (Å²) in [5, 5.41) is 0. The Morgan fingerprint density at radius 1 is 1.38 bits per heavy atom. The van der Waals surface area contributed by atoms with Crippen molar-refractivity contribution in [3.63, 3.8) is 0 Å². The topological polar surface area (TPSA) is 35.5 Å². The van der Waals surface area contributed by atoms with Crippen LogP contribution in [0.1, 0.15) is 26.3 Å². The van der Waals surface area contributed by atoms with Gasteiger partial charge in [0.05, 0.1) is 6.10 Å². The number of carbonyl (C=O) groups is 1. The zero-order chi connectivity index (χ0) is 12.0. The smallest absolute Gasteiger partial charge is 0.344 e. The summed E-state index contributed by atoms with van der Waals surface area (Å²) < 4.78 is 10.3. The quantitative estimate of drug-likeness (QED) is 0.718. The second-order valence-corrected chi connectivity index (χ2v) is 3.83. The summed E-state index contributed by atoms with van der Waals surface area (Å²) in [6.45, 7) is 5.67. The lowest BCUT2D eigenvalue weighted by molar-refractivity contribution is -0.149. The number of rotatable bonds is 5. The van der Waals surface area contributed by atoms with Crippen LogP contribution in [0.5, 0.6) is 5.75 Å². The molecule has 0 fully saturated rings. The monoisotopic (exact) mass is 222 g/mol. The second kappa shape index (κ2) is 6.16. The second-order valence-electron chi connectivity index (χ2n) is 3.83. The van der Waals surface area contributed by atoms with Gasteiger partial charge in [-0.05, 0) is 38.0 Å². The van der Waals surface area contributed by atoms with Crippen LogP contribution in [-0.4, -0.2) is 18.7 Å². The molecular formula is C13H18O3. The summed E-state index contributed by atoms with van der Waals surface area (Å²) in [5.74, 6) is 0.372. The van der Waals surface area contributed by atoms with Crippen molar-refractivity contribution >= 4 is 5.97 Å². The average molecular weight is 222 g/mol. The molecule has 0 aliphatic carbocycles. The Bertz CT molecular complexity index is 345. The predicted octanol–water partition coefficient (Wildman–Crippen LogP) is 2.58. The first-order valence-corrected chi connectivity index (χ1v) is 5.53. The van der Waals surface area contributed by atoms with Gasteiger partial charge in [-0.15, -0.1) is 0 Å². The minimum absolute atomic E-state index is 0.0364. The highest BCUT2D eigenvalue weighted by atomic mass is 16.6. The van der Waals surface area contributed by atoms with Gasteiger partial charge >= 0.3 is 5.97 Å². The lowest BCUT2D eigenvalue weighted by Crippen LogP contribution is -2.18. The zero-order valence-corrected chi connectivity index (χ0v) is 10.0. The first kappa shape index (κ1) is 12.6. The SMILES string of the molecule is CCc1cccc(OCC(=O)OC(C)C)c1. The summed E-state index contributed by atoms with van der Waals surface area (Å²) >= 11 is 0. The number of esters is 1. The van der Waals surface area contributed by atoms with Crippen LogP contribution < -0.4 is 4.74 Å². The van der Waals surface area contributed by atoms with E-state index in [9.17, 15) is 4.79 Å². The van der Waals surface area contributed by atoms with Crippen molar-refractivity contribution in [3.8, 4) is 5.75 Å². The van der Waals surface area contributed by atoms with E-state index in [1.807, 2.05) is 38.1 Å². The van der Waals surface area contributed by atoms with Gasteiger partial charge in [-0.1, -0.05) is 19.1 Å². The Labute approximate surface area is 96.4 Å². The molecule has 0 radical (unpaired) electrons. The van der Waals surface area contributed by atoms with E-state index in [1.54, 1.807) is 0 Å². The molecule has 16 heavy (non-hydrogen) atoms. The van der Waals surface area contributed by atoms with Crippen molar-refractivity contribution in [2.24, 2.45) is 0 Å². The van der Waals surface area contributed by atoms with Gasteiger partial charge in [0, 0.05) is 0 Å². The molecule has 0 spiro atoms. The maximum Gasteiger partial charge on any atom is 0.344 e. The number of aryl methyl sites for hydroxylation is 1. The van der Waals surface area contributed by atoms with E-state index in [-0.39, 0.29) is 18.7 Å². The third-order valence-electron chi connectivity index (χ3n) is 2.03. The van der Waals surface area contributed by atoms with Crippen LogP contribution in [0.2, 0.25) is 0 Å². The van der Waals surface area contributed by atoms with Crippen molar-refractivity contribution in [1.82, 2.24) is 0 Å². The number of carbonyl (C=O) groups excluding carboxylic acids is 1. The summed E-state index contributed by atoms with van der Waals surface area (Å²) in [6, 6.07) is 7.71. The molecular weight excluding hydrogens is 204 g/mol. The number of hydrogen-bond acceptors (Lipinski definition) is 3. The van der Waals surface area contributed by atoms with Crippen molar-refractivity contribution in [2.45, 2.75) is 33.3 Å². The van der Waals surface area contributed by atoms with E-state index >= 15 is 0 Å². The van der Waals surface area contributed by atoms with Crippen molar-refractivity contribution in [1.29, 1.82) is 0 Å². The van der Waals surface area contributed by atoms with E-state index in [4.69, 9.17) is 9.47 Å². The van der Waals surface area contributed by atoms with Gasteiger partial charge in [-0.2, -0.15) is 0 Å². The minimum Gasteiger partial charge on any atom is -0.482 e. The van der Waals surface area contributed by atoms with Crippen LogP contribution in [0.3, 0.4) is 0 Å². The molecule has 0 saturated heterocycles. The van der Waals surface area contributed by atoms with E-state index < -0.39 is 0 Å². The van der Waals surface area contributed by atoms with Gasteiger partial charge in [0.25, 0.3) is 0 Å². The molecule has 0 bridgehead atoms. The fraction of sp³-hybridized carbons (Fsp3) is 0.462. The van der Waals surface area contributed by atoms with Crippen LogP contribution in [0.4, 0.5) is 0 Å². The molecule has 1 aromatic rings. The standard InChI is InChI=1S/C13H18O3/c1-4-11-6-5-7-12(8-11)15-9-13(14)16-10(2)3/h5-8,10H,4,9H2,1-3H3. The molecule has 0 amide bonds. The first-order chi connectivity index (χ1) is 7.61. The van der Waals surface area contributed by atoms with Crippen LogP contribution in [-0.2, 0) is 16.0 Å². The molecule has 0 atom stereocenters. The van der Waals surface area contributed by atoms with E-state index in [0.29, 0.717) is 5.75 Å². The third-order valence-corrected chi connectivity index (χ3v) is 2.03. The lowest BCUT2D eigenvalue weighted by Gasteiger charge is -2.09. The zero-order valence-electron chi connectivity index (χ0n) is 10.0. The fourth-order valence-corrected chi connectivity index (χ4v) is 1.29. The largest absolute Gasteiger partial charge is 0.482 e. The number of ether oxygens (including phenoxy) is 2. The van der Waals surface area contributed by atoms with E-state index in [1.165, 1.54) is 5.56 Å². The number of benzene rings is 1. The summed E-state index contributed by atoms with van der Waals surface area (Å²) in [5.41, 5.74) is 1.19. The summed E-state index contributed by atoms with van der Waals surface area (Å²) in [4.78, 5) is 11.2. The Morgan fingerprint density at radius 2 is 2.12 bits per heavy atom. The molecule has 3 heteroatoms. The summed E-state index contributed by atoms with van der Waals surface area (Å²) in [7, 11) is 0. The molecule has 3 nitrogen and oxygen atoms in total. The Balaban J connectivity index is 2.45. The maximum absolute atomic E-state index is 11.2. The van der Waals surface area contributed by atoms with Gasteiger partial charge in [-0.3, -0.25) is 0 Å². The highest BCUT2D eigenvalue weighted by Gasteiger charge is 2.06. The molecule has 1 aromatic carbocycles. The normalized spacial score (nSPS) is 10.2. The van der Waals surface area contributed by atoms with E-state index in [2.05, 4.69) is 6.92 Å². The van der Waals surface area contributed by atoms with Gasteiger partial charge in [0.2, 0.25) is 0 Å². The molecule has 1 rings (SSSR count). The number of hydrogen-bond donors (Lipinski definition) is 0. The van der Waals surface area contributed by atoms with Gasteiger partial charge in [-0.25, -0.2) is 4.79 Å². The molecule has 0 heterocycles. The molecule has 88 valence electrons. The molecule has 0 aromatic heterocycles. The fourth-order valence-electron chi connectivity index (χ4n) is 1.29. The van der Waals surface area contributed by atoms with Gasteiger partial charge < -0.3 is 9.47 Å². The molecule has 0 unspecified atom stereocenters. The lowest BCUT2D eigenvalue weighted by atomic mass is 10.2. The molecule has 0 aliphatic heterocycles. The molecule has 0 N–H and O–H groups in total. The molecule has 0 aliphatic rings. The minimum atomic E-state index is -0.336. The van der Waals surface area contributed by atoms with Crippen LogP contribution in [0.15, 0.2) is 24.3 Å². The van der Waals surface area contributed by atoms with Crippen molar-refractivity contribution in [2.75, 3.05) is 6.61 Å². The van der Waals surface area contributed by atoms with Crippen LogP contribution >= 0.6 is 0 Å². The van der Waals surface area contributed by atoms with Gasteiger partial charge in [0.1, 0.15) is 5.75 Å². The average Bonchev–Trinajstić information content (AvgIpc) is 2.26. The van der Waals surface area contributed by atoms with Crippen molar-refractivity contribution in [3.05, 3.63) is 29.8 Å². The Kier molecular flexibility index (Phi) is 4.83. The van der Waals surface area contributed by atoms with Crippen LogP contribution in [0.25, 0.3) is 0 Å². The Hall–Kier alpha value is -1.51. The molecule has 0 saturated carbocycles. The highest BCUT2D eigenvalue weighted by molar-refractivity contribution is 5.71. The highest BCUT2D eigenvalue weighted by Crippen LogP contribution is 2.13.